The van der Waals surface area contributed by atoms with E-state index < -0.39 is 5.97 Å². The summed E-state index contributed by atoms with van der Waals surface area (Å²) in [6.45, 7) is 3.74. The fourth-order valence-corrected chi connectivity index (χ4v) is 3.71. The molecular formula is C14H20N2O2S. The molecule has 1 heterocycles. The van der Waals surface area contributed by atoms with Crippen LogP contribution in [0.5, 0.6) is 0 Å². The van der Waals surface area contributed by atoms with Crippen LogP contribution in [0.15, 0.2) is 0 Å². The molecule has 2 rings (SSSR count). The molecule has 0 spiro atoms. The highest BCUT2D eigenvalue weighted by molar-refractivity contribution is 7.99. The van der Waals surface area contributed by atoms with E-state index in [0.29, 0.717) is 0 Å². The Morgan fingerprint density at radius 2 is 1.84 bits per heavy atom. The summed E-state index contributed by atoms with van der Waals surface area (Å²) in [4.78, 5) is 19.7. The Morgan fingerprint density at radius 3 is 2.37 bits per heavy atom. The Morgan fingerprint density at radius 1 is 1.26 bits per heavy atom. The fourth-order valence-electron chi connectivity index (χ4n) is 2.53. The van der Waals surface area contributed by atoms with Crippen molar-refractivity contribution in [3.8, 4) is 0 Å². The maximum atomic E-state index is 10.8. The van der Waals surface area contributed by atoms with Gasteiger partial charge in [0, 0.05) is 22.2 Å². The number of nitrogens with zero attached hydrogens (tertiary/aromatic N) is 2. The number of carboxylic acid groups (broad SMARTS) is 1. The second-order valence-electron chi connectivity index (χ2n) is 5.08. The number of carboxylic acids is 1. The van der Waals surface area contributed by atoms with Gasteiger partial charge in [0.15, 0.2) is 0 Å². The number of carbonyl (C=O) groups is 1. The lowest BCUT2D eigenvalue weighted by atomic mass is 10.1. The van der Waals surface area contributed by atoms with Gasteiger partial charge in [-0.3, -0.25) is 4.79 Å². The van der Waals surface area contributed by atoms with Crippen molar-refractivity contribution in [3.63, 3.8) is 0 Å². The van der Waals surface area contributed by atoms with Crippen molar-refractivity contribution in [2.24, 2.45) is 0 Å². The second kappa shape index (κ2) is 6.37. The maximum absolute atomic E-state index is 10.8. The minimum absolute atomic E-state index is 0.00765. The van der Waals surface area contributed by atoms with Gasteiger partial charge in [-0.05, 0) is 26.7 Å². The standard InChI is InChI=1S/C14H20N2O2S/c1-9-12(7-14(17)18)10(2)16-13(15-9)8-19-11-5-3-4-6-11/h11H,3-8H2,1-2H3,(H,17,18). The van der Waals surface area contributed by atoms with Crippen LogP contribution in [0.3, 0.4) is 0 Å². The Bertz CT molecular complexity index is 448. The van der Waals surface area contributed by atoms with E-state index in [4.69, 9.17) is 5.11 Å². The van der Waals surface area contributed by atoms with Crippen LogP contribution in [0.4, 0.5) is 0 Å². The highest BCUT2D eigenvalue weighted by Crippen LogP contribution is 2.31. The maximum Gasteiger partial charge on any atom is 0.307 e. The molecule has 1 aliphatic carbocycles. The first-order valence-corrected chi connectivity index (χ1v) is 7.77. The van der Waals surface area contributed by atoms with Gasteiger partial charge in [0.25, 0.3) is 0 Å². The molecule has 1 N–H and O–H groups in total. The molecule has 0 radical (unpaired) electrons. The summed E-state index contributed by atoms with van der Waals surface area (Å²) in [5.41, 5.74) is 2.36. The molecule has 5 heteroatoms. The van der Waals surface area contributed by atoms with Gasteiger partial charge in [-0.1, -0.05) is 12.8 Å². The molecule has 0 aliphatic heterocycles. The zero-order chi connectivity index (χ0) is 13.8. The number of aliphatic carboxylic acids is 1. The molecule has 1 fully saturated rings. The fraction of sp³-hybridized carbons (Fsp3) is 0.643. The minimum Gasteiger partial charge on any atom is -0.481 e. The van der Waals surface area contributed by atoms with Crippen LogP contribution < -0.4 is 0 Å². The summed E-state index contributed by atoms with van der Waals surface area (Å²) in [5, 5.41) is 9.63. The highest BCUT2D eigenvalue weighted by Gasteiger charge is 2.17. The van der Waals surface area contributed by atoms with Crippen molar-refractivity contribution in [1.82, 2.24) is 9.97 Å². The first-order valence-electron chi connectivity index (χ1n) is 6.72. The lowest BCUT2D eigenvalue weighted by Gasteiger charge is -2.11. The minimum atomic E-state index is -0.831. The Hall–Kier alpha value is -1.10. The van der Waals surface area contributed by atoms with Crippen molar-refractivity contribution in [3.05, 3.63) is 22.8 Å². The van der Waals surface area contributed by atoms with Crippen LogP contribution in [0.2, 0.25) is 0 Å². The molecule has 0 amide bonds. The summed E-state index contributed by atoms with van der Waals surface area (Å²) < 4.78 is 0. The lowest BCUT2D eigenvalue weighted by molar-refractivity contribution is -0.136. The van der Waals surface area contributed by atoms with Crippen LogP contribution in [-0.2, 0) is 17.0 Å². The third kappa shape index (κ3) is 3.93. The average molecular weight is 280 g/mol. The van der Waals surface area contributed by atoms with Gasteiger partial charge in [0.05, 0.1) is 12.2 Å². The van der Waals surface area contributed by atoms with Gasteiger partial charge in [-0.2, -0.15) is 11.8 Å². The van der Waals surface area contributed by atoms with Crippen molar-refractivity contribution in [2.45, 2.75) is 57.0 Å². The smallest absolute Gasteiger partial charge is 0.307 e. The first-order chi connectivity index (χ1) is 9.06. The number of hydrogen-bond donors (Lipinski definition) is 1. The van der Waals surface area contributed by atoms with E-state index in [9.17, 15) is 4.79 Å². The largest absolute Gasteiger partial charge is 0.481 e. The highest BCUT2D eigenvalue weighted by atomic mass is 32.2. The summed E-state index contributed by atoms with van der Waals surface area (Å²) in [5.74, 6) is 0.837. The number of aromatic nitrogens is 2. The van der Waals surface area contributed by atoms with Gasteiger partial charge in [-0.15, -0.1) is 0 Å². The third-order valence-electron chi connectivity index (χ3n) is 3.55. The van der Waals surface area contributed by atoms with E-state index >= 15 is 0 Å². The van der Waals surface area contributed by atoms with Crippen molar-refractivity contribution < 1.29 is 9.90 Å². The van der Waals surface area contributed by atoms with E-state index in [-0.39, 0.29) is 6.42 Å². The monoisotopic (exact) mass is 280 g/mol. The Balaban J connectivity index is 2.03. The molecular weight excluding hydrogens is 260 g/mol. The van der Waals surface area contributed by atoms with E-state index in [1.165, 1.54) is 25.7 Å². The molecule has 0 saturated heterocycles. The van der Waals surface area contributed by atoms with Crippen LogP contribution >= 0.6 is 11.8 Å². The van der Waals surface area contributed by atoms with E-state index in [1.807, 2.05) is 25.6 Å². The predicted octanol–water partition coefficient (Wildman–Crippen LogP) is 2.90. The predicted molar refractivity (Wildman–Crippen MR) is 76.4 cm³/mol. The average Bonchev–Trinajstić information content (AvgIpc) is 2.84. The number of rotatable bonds is 5. The molecule has 19 heavy (non-hydrogen) atoms. The number of hydrogen-bond acceptors (Lipinski definition) is 4. The first kappa shape index (κ1) is 14.3. The van der Waals surface area contributed by atoms with Crippen molar-refractivity contribution in [2.75, 3.05) is 0 Å². The summed E-state index contributed by atoms with van der Waals surface area (Å²) in [7, 11) is 0. The van der Waals surface area contributed by atoms with Crippen LogP contribution in [0, 0.1) is 13.8 Å². The number of aryl methyl sites for hydroxylation is 2. The van der Waals surface area contributed by atoms with Gasteiger partial charge < -0.3 is 5.11 Å². The normalized spacial score (nSPS) is 15.9. The number of thioether (sulfide) groups is 1. The van der Waals surface area contributed by atoms with Crippen LogP contribution in [-0.4, -0.2) is 26.3 Å². The quantitative estimate of drug-likeness (QED) is 0.898. The Labute approximate surface area is 118 Å². The van der Waals surface area contributed by atoms with E-state index in [1.54, 1.807) is 0 Å². The van der Waals surface area contributed by atoms with Crippen LogP contribution in [0.1, 0.15) is 48.5 Å². The molecule has 1 aromatic heterocycles. The van der Waals surface area contributed by atoms with Gasteiger partial charge in [0.2, 0.25) is 0 Å². The van der Waals surface area contributed by atoms with E-state index in [0.717, 1.165) is 33.8 Å². The third-order valence-corrected chi connectivity index (χ3v) is 4.91. The van der Waals surface area contributed by atoms with Crippen molar-refractivity contribution in [1.29, 1.82) is 0 Å². The summed E-state index contributed by atoms with van der Waals surface area (Å²) in [6, 6.07) is 0. The SMILES string of the molecule is Cc1nc(CSC2CCCC2)nc(C)c1CC(=O)O. The molecule has 0 bridgehead atoms. The summed E-state index contributed by atoms with van der Waals surface area (Å²) in [6.07, 6.45) is 5.30. The second-order valence-corrected chi connectivity index (χ2v) is 6.37. The zero-order valence-electron chi connectivity index (χ0n) is 11.5. The van der Waals surface area contributed by atoms with Crippen LogP contribution in [0.25, 0.3) is 0 Å². The summed E-state index contributed by atoms with van der Waals surface area (Å²) >= 11 is 1.93. The zero-order valence-corrected chi connectivity index (χ0v) is 12.3. The lowest BCUT2D eigenvalue weighted by Crippen LogP contribution is -2.10. The molecule has 1 aromatic rings. The van der Waals surface area contributed by atoms with Gasteiger partial charge in [0.1, 0.15) is 5.82 Å². The molecule has 0 unspecified atom stereocenters. The van der Waals surface area contributed by atoms with Gasteiger partial charge >= 0.3 is 5.97 Å². The van der Waals surface area contributed by atoms with E-state index in [2.05, 4.69) is 9.97 Å². The Kier molecular flexibility index (Phi) is 4.80. The molecule has 1 saturated carbocycles. The van der Waals surface area contributed by atoms with Crippen molar-refractivity contribution >= 4 is 17.7 Å². The molecule has 0 aromatic carbocycles. The van der Waals surface area contributed by atoms with Gasteiger partial charge in [-0.25, -0.2) is 9.97 Å². The molecule has 1 aliphatic rings. The molecule has 4 nitrogen and oxygen atoms in total. The molecule has 0 atom stereocenters. The topological polar surface area (TPSA) is 63.1 Å². The molecule has 104 valence electrons.